The Morgan fingerprint density at radius 3 is 2.44 bits per heavy atom. The lowest BCUT2D eigenvalue weighted by Gasteiger charge is -2.20. The van der Waals surface area contributed by atoms with Crippen molar-refractivity contribution in [2.45, 2.75) is 12.3 Å². The Balaban J connectivity index is 1.74. The van der Waals surface area contributed by atoms with Crippen molar-refractivity contribution in [3.05, 3.63) is 92.8 Å². The zero-order valence-electron chi connectivity index (χ0n) is 22.7. The van der Waals surface area contributed by atoms with Crippen LogP contribution in [0.4, 0.5) is 8.78 Å². The van der Waals surface area contributed by atoms with E-state index in [0.29, 0.717) is 41.5 Å². The fraction of sp³-hybridized carbons (Fsp3) is 0.233. The average Bonchev–Trinajstić information content (AvgIpc) is 3.46. The molecule has 0 radical (unpaired) electrons. The number of methoxy groups -OCH3 is 3. The maximum Gasteiger partial charge on any atom is 0.271 e. The van der Waals surface area contributed by atoms with Crippen molar-refractivity contribution in [2.75, 3.05) is 34.4 Å². The normalized spacial score (nSPS) is 15.5. The topological polar surface area (TPSA) is 98.9 Å². The molecule has 1 aliphatic heterocycles. The van der Waals surface area contributed by atoms with E-state index in [-0.39, 0.29) is 40.4 Å². The van der Waals surface area contributed by atoms with Crippen LogP contribution in [0.2, 0.25) is 0 Å². The van der Waals surface area contributed by atoms with E-state index in [4.69, 9.17) is 14.2 Å². The van der Waals surface area contributed by atoms with Gasteiger partial charge >= 0.3 is 0 Å². The number of aliphatic hydroxyl groups is 1. The second-order valence-electron chi connectivity index (χ2n) is 9.41. The molecular weight excluding hydrogens is 534 g/mol. The van der Waals surface area contributed by atoms with Crippen LogP contribution in [-0.4, -0.2) is 59.0 Å². The summed E-state index contributed by atoms with van der Waals surface area (Å²) in [6.45, 7) is 4.49. The number of ether oxygens (including phenoxy) is 3. The van der Waals surface area contributed by atoms with Gasteiger partial charge in [-0.1, -0.05) is 18.7 Å². The van der Waals surface area contributed by atoms with Crippen LogP contribution in [0.3, 0.4) is 0 Å². The number of hydrogen-bond acceptors (Lipinski definition) is 8. The Morgan fingerprint density at radius 1 is 1.05 bits per heavy atom. The van der Waals surface area contributed by atoms with Gasteiger partial charge in [0, 0.05) is 37.3 Å². The van der Waals surface area contributed by atoms with E-state index in [2.05, 4.69) is 16.5 Å². The van der Waals surface area contributed by atoms with Gasteiger partial charge in [0.1, 0.15) is 45.5 Å². The molecule has 5 rings (SSSR count). The standard InChI is InChI=1S/C30H28F2N4O5/c1-17-26(29(37)35-13-11-18(16-35)21-9-8-19(31)14-22(21)32)30(38)36(27-24(40-3)6-5-7-25(27)41-4)28(34-17)23-15-20(39-2)10-12-33-23/h5-10,12,14-15,18,37H,1,11,13,16H2,2-4H3. The first-order chi connectivity index (χ1) is 19.8. The number of aliphatic hydroxyl groups excluding tert-OH is 1. The summed E-state index contributed by atoms with van der Waals surface area (Å²) in [5.74, 6) is -0.770. The van der Waals surface area contributed by atoms with Gasteiger partial charge in [0.25, 0.3) is 5.56 Å². The number of hydrogen-bond donors (Lipinski definition) is 1. The van der Waals surface area contributed by atoms with E-state index >= 15 is 0 Å². The molecule has 1 N–H and O–H groups in total. The Labute approximate surface area is 234 Å². The lowest BCUT2D eigenvalue weighted by Crippen LogP contribution is -2.50. The van der Waals surface area contributed by atoms with E-state index in [0.717, 1.165) is 6.07 Å². The van der Waals surface area contributed by atoms with Gasteiger partial charge in [-0.05, 0) is 36.2 Å². The summed E-state index contributed by atoms with van der Waals surface area (Å²) >= 11 is 0. The highest BCUT2D eigenvalue weighted by atomic mass is 19.1. The number of para-hydroxylation sites is 1. The minimum atomic E-state index is -0.666. The van der Waals surface area contributed by atoms with Crippen LogP contribution in [0.1, 0.15) is 17.9 Å². The molecule has 9 nitrogen and oxygen atoms in total. The van der Waals surface area contributed by atoms with E-state index in [1.54, 1.807) is 35.2 Å². The van der Waals surface area contributed by atoms with Crippen molar-refractivity contribution < 1.29 is 28.1 Å². The fourth-order valence-corrected chi connectivity index (χ4v) is 5.08. The maximum absolute atomic E-state index is 14.5. The highest BCUT2D eigenvalue weighted by molar-refractivity contribution is 5.64. The van der Waals surface area contributed by atoms with Crippen molar-refractivity contribution in [3.63, 3.8) is 0 Å². The second-order valence-corrected chi connectivity index (χ2v) is 9.41. The van der Waals surface area contributed by atoms with Crippen molar-refractivity contribution >= 4 is 12.5 Å². The van der Waals surface area contributed by atoms with Crippen molar-refractivity contribution in [1.29, 1.82) is 0 Å². The van der Waals surface area contributed by atoms with Gasteiger partial charge in [0.15, 0.2) is 5.82 Å². The minimum absolute atomic E-state index is 0.00801. The molecule has 0 amide bonds. The summed E-state index contributed by atoms with van der Waals surface area (Å²) in [5, 5.41) is 11.3. The molecule has 1 unspecified atom stereocenters. The first-order valence-corrected chi connectivity index (χ1v) is 12.7. The Kier molecular flexibility index (Phi) is 7.60. The molecule has 1 fully saturated rings. The third-order valence-corrected chi connectivity index (χ3v) is 7.09. The third-order valence-electron chi connectivity index (χ3n) is 7.09. The van der Waals surface area contributed by atoms with Gasteiger partial charge < -0.3 is 24.2 Å². The fourth-order valence-electron chi connectivity index (χ4n) is 5.08. The summed E-state index contributed by atoms with van der Waals surface area (Å²) in [4.78, 5) is 24.9. The Bertz CT molecular complexity index is 1770. The second kappa shape index (κ2) is 11.3. The largest absolute Gasteiger partial charge is 0.497 e. The Morgan fingerprint density at radius 2 is 1.78 bits per heavy atom. The number of halogens is 2. The molecule has 4 aromatic rings. The molecule has 0 aliphatic carbocycles. The summed E-state index contributed by atoms with van der Waals surface area (Å²) in [5.41, 5.74) is 0.237. The molecule has 2 aromatic carbocycles. The maximum atomic E-state index is 14.5. The van der Waals surface area contributed by atoms with E-state index < -0.39 is 17.2 Å². The van der Waals surface area contributed by atoms with E-state index in [1.807, 2.05) is 0 Å². The molecular formula is C30H28F2N4O5. The summed E-state index contributed by atoms with van der Waals surface area (Å²) < 4.78 is 45.7. The monoisotopic (exact) mass is 562 g/mol. The highest BCUT2D eigenvalue weighted by Gasteiger charge is 2.29. The van der Waals surface area contributed by atoms with E-state index in [1.165, 1.54) is 44.2 Å². The van der Waals surface area contributed by atoms with Crippen molar-refractivity contribution in [2.24, 2.45) is 0 Å². The molecule has 1 saturated heterocycles. The number of pyridine rings is 1. The molecule has 0 saturated carbocycles. The Hall–Kier alpha value is -4.93. The number of benzene rings is 2. The lowest BCUT2D eigenvalue weighted by atomic mass is 9.98. The zero-order valence-corrected chi connectivity index (χ0v) is 22.7. The summed E-state index contributed by atoms with van der Waals surface area (Å²) in [7, 11) is 4.42. The molecule has 1 atom stereocenters. The highest BCUT2D eigenvalue weighted by Crippen LogP contribution is 2.34. The van der Waals surface area contributed by atoms with Gasteiger partial charge in [-0.25, -0.2) is 13.8 Å². The predicted octanol–water partition coefficient (Wildman–Crippen LogP) is 3.12. The third kappa shape index (κ3) is 5.06. The summed E-state index contributed by atoms with van der Waals surface area (Å²) in [6, 6.07) is 11.8. The van der Waals surface area contributed by atoms with Gasteiger partial charge in [-0.3, -0.25) is 14.3 Å². The first-order valence-electron chi connectivity index (χ1n) is 12.7. The molecule has 212 valence electrons. The van der Waals surface area contributed by atoms with Crippen LogP contribution in [0, 0.1) is 11.6 Å². The molecule has 2 aromatic heterocycles. The molecule has 3 heterocycles. The SMILES string of the molecule is C=c1nc(-c2cc(OC)ccn2)n(-c2c(OC)cccc2OC)c(=O)c1=C(O)N1CCC(c2ccc(F)cc2F)C1. The van der Waals surface area contributed by atoms with Gasteiger partial charge in [0.05, 0.1) is 26.7 Å². The number of aromatic nitrogens is 3. The molecule has 0 bridgehead atoms. The zero-order chi connectivity index (χ0) is 29.3. The van der Waals surface area contributed by atoms with Crippen LogP contribution >= 0.6 is 0 Å². The number of rotatable bonds is 7. The van der Waals surface area contributed by atoms with Crippen LogP contribution in [0.15, 0.2) is 59.5 Å². The molecule has 0 spiro atoms. The minimum Gasteiger partial charge on any atom is -0.497 e. The van der Waals surface area contributed by atoms with E-state index in [9.17, 15) is 18.7 Å². The lowest BCUT2D eigenvalue weighted by molar-refractivity contribution is 0.321. The average molecular weight is 563 g/mol. The van der Waals surface area contributed by atoms with Gasteiger partial charge in [-0.15, -0.1) is 0 Å². The van der Waals surface area contributed by atoms with Gasteiger partial charge in [-0.2, -0.15) is 0 Å². The quantitative estimate of drug-likeness (QED) is 0.367. The van der Waals surface area contributed by atoms with Gasteiger partial charge in [0.2, 0.25) is 5.88 Å². The van der Waals surface area contributed by atoms with Crippen LogP contribution in [-0.2, 0) is 0 Å². The molecule has 11 heteroatoms. The van der Waals surface area contributed by atoms with Crippen molar-refractivity contribution in [1.82, 2.24) is 19.4 Å². The number of likely N-dealkylation sites (tertiary alicyclic amines) is 1. The smallest absolute Gasteiger partial charge is 0.271 e. The van der Waals surface area contributed by atoms with Crippen LogP contribution in [0.25, 0.3) is 29.7 Å². The molecule has 41 heavy (non-hydrogen) atoms. The first kappa shape index (κ1) is 27.6. The number of nitrogens with zero attached hydrogens (tertiary/aromatic N) is 4. The van der Waals surface area contributed by atoms with Crippen LogP contribution < -0.4 is 30.3 Å². The van der Waals surface area contributed by atoms with Crippen LogP contribution in [0.5, 0.6) is 17.2 Å². The van der Waals surface area contributed by atoms with Crippen molar-refractivity contribution in [3.8, 4) is 34.5 Å². The summed E-state index contributed by atoms with van der Waals surface area (Å²) in [6.07, 6.45) is 2.00. The molecule has 1 aliphatic rings. The predicted molar refractivity (Wildman–Crippen MR) is 149 cm³/mol.